The SMILES string of the molecule is CC(C)(C)C1CC2CCC(C1)N2.CC(C)(C)C1CCNCC1.CC(C)(C)Cc1ccc(C(F)(F)F)cn1.CC(C)(C)Cc1ccc(F)cn1.CC(C)(C)Cc1ccccn1.CC(C)(C)Cc1cccnn1.CC(C)(C)Cc1ncccc1F.CN1C2CCC1CC(C(C)(C)C)C2.Cc1cccc(CC(C)(C)C)n1. The Morgan fingerprint density at radius 3 is 1.21 bits per heavy atom. The van der Waals surface area contributed by atoms with Crippen LogP contribution in [0.3, 0.4) is 0 Å². The number of hydrogen-bond acceptors (Lipinski definition) is 10. The Bertz CT molecular complexity index is 3320. The van der Waals surface area contributed by atoms with Crippen molar-refractivity contribution in [2.24, 2.45) is 66.5 Å². The van der Waals surface area contributed by atoms with E-state index in [-0.39, 0.29) is 27.9 Å². The number of fused-ring (bicyclic) bond motifs is 4. The van der Waals surface area contributed by atoms with Gasteiger partial charge in [0.1, 0.15) is 11.6 Å². The Labute approximate surface area is 655 Å². The second-order valence-corrected chi connectivity index (χ2v) is 41.8. The Balaban J connectivity index is 0.000000316. The van der Waals surface area contributed by atoms with Crippen LogP contribution in [0.5, 0.6) is 0 Å². The molecule has 6 aromatic rings. The average molecular weight is 1500 g/mol. The Hall–Kier alpha value is -5.64. The molecule has 2 N–H and O–H groups in total. The predicted octanol–water partition coefficient (Wildman–Crippen LogP) is 24.5. The summed E-state index contributed by atoms with van der Waals surface area (Å²) < 4.78 is 62.2. The number of pyridine rings is 5. The van der Waals surface area contributed by atoms with Gasteiger partial charge in [0.15, 0.2) is 0 Å². The van der Waals surface area contributed by atoms with Crippen molar-refractivity contribution in [1.82, 2.24) is 50.7 Å². The second-order valence-electron chi connectivity index (χ2n) is 41.8. The van der Waals surface area contributed by atoms with Gasteiger partial charge in [0, 0.05) is 77.4 Å². The Kier molecular flexibility index (Phi) is 38.3. The number of alkyl halides is 3. The molecule has 5 fully saturated rings. The summed E-state index contributed by atoms with van der Waals surface area (Å²) in [6.07, 6.45) is 22.6. The van der Waals surface area contributed by atoms with Gasteiger partial charge in [-0.2, -0.15) is 23.4 Å². The van der Waals surface area contributed by atoms with Gasteiger partial charge in [-0.25, -0.2) is 8.78 Å². The summed E-state index contributed by atoms with van der Waals surface area (Å²) in [7, 11) is 2.32. The van der Waals surface area contributed by atoms with Crippen molar-refractivity contribution < 1.29 is 22.0 Å². The minimum absolute atomic E-state index is 0.0345. The molecule has 5 saturated heterocycles. The zero-order chi connectivity index (χ0) is 81.9. The molecule has 0 amide bonds. The van der Waals surface area contributed by atoms with Gasteiger partial charge in [-0.1, -0.05) is 199 Å². The second kappa shape index (κ2) is 42.8. The van der Waals surface area contributed by atoms with E-state index >= 15 is 0 Å². The molecule has 10 nitrogen and oxygen atoms in total. The molecule has 0 spiro atoms. The highest BCUT2D eigenvalue weighted by molar-refractivity contribution is 5.18. The fourth-order valence-electron chi connectivity index (χ4n) is 14.2. The minimum Gasteiger partial charge on any atom is -0.317 e. The van der Waals surface area contributed by atoms with Crippen LogP contribution in [0.1, 0.15) is 297 Å². The number of aromatic nitrogens is 7. The van der Waals surface area contributed by atoms with E-state index in [1.165, 1.54) is 113 Å². The fraction of sp³-hybridized carbons (Fsp3) is 0.688. The first-order chi connectivity index (χ1) is 49.4. The molecule has 0 saturated carbocycles. The van der Waals surface area contributed by atoms with Crippen LogP contribution in [0, 0.1) is 85.0 Å². The molecule has 4 bridgehead atoms. The number of aryl methyl sites for hydroxylation is 1. The molecule has 0 radical (unpaired) electrons. The molecule has 6 aromatic heterocycles. The monoisotopic (exact) mass is 1500 g/mol. The first-order valence-corrected chi connectivity index (χ1v) is 40.4. The van der Waals surface area contributed by atoms with Crippen LogP contribution in [0.25, 0.3) is 0 Å². The van der Waals surface area contributed by atoms with Crippen molar-refractivity contribution >= 4 is 0 Å². The van der Waals surface area contributed by atoms with Crippen molar-refractivity contribution in [3.63, 3.8) is 0 Å². The largest absolute Gasteiger partial charge is 0.417 e. The van der Waals surface area contributed by atoms with Crippen LogP contribution >= 0.6 is 0 Å². The number of nitrogens with one attached hydrogen (secondary N) is 2. The minimum atomic E-state index is -4.30. The highest BCUT2D eigenvalue weighted by atomic mass is 19.4. The van der Waals surface area contributed by atoms with Gasteiger partial charge >= 0.3 is 6.18 Å². The predicted molar refractivity (Wildman–Crippen MR) is 446 cm³/mol. The van der Waals surface area contributed by atoms with Crippen LogP contribution < -0.4 is 10.6 Å². The summed E-state index contributed by atoms with van der Waals surface area (Å²) in [5.74, 6) is 2.38. The molecule has 608 valence electrons. The van der Waals surface area contributed by atoms with Gasteiger partial charge in [0.05, 0.1) is 23.1 Å². The molecule has 0 aliphatic carbocycles. The molecular weight excluding hydrogens is 1350 g/mol. The van der Waals surface area contributed by atoms with Crippen LogP contribution in [-0.2, 0) is 44.7 Å². The molecule has 11 rings (SSSR count). The zero-order valence-corrected chi connectivity index (χ0v) is 73.2. The van der Waals surface area contributed by atoms with E-state index < -0.39 is 11.7 Å². The van der Waals surface area contributed by atoms with Gasteiger partial charge in [-0.3, -0.25) is 24.9 Å². The van der Waals surface area contributed by atoms with Crippen LogP contribution in [0.4, 0.5) is 22.0 Å². The maximum Gasteiger partial charge on any atom is 0.417 e. The van der Waals surface area contributed by atoms with E-state index in [0.717, 1.165) is 96.9 Å². The normalized spacial score (nSPS) is 19.8. The third-order valence-electron chi connectivity index (χ3n) is 19.9. The van der Waals surface area contributed by atoms with Crippen molar-refractivity contribution in [3.05, 3.63) is 173 Å². The molecule has 11 heterocycles. The third kappa shape index (κ3) is 43.2. The van der Waals surface area contributed by atoms with Crippen LogP contribution in [0.2, 0.25) is 0 Å². The lowest BCUT2D eigenvalue weighted by Gasteiger charge is -2.42. The maximum atomic E-state index is 13.1. The number of hydrogen-bond donors (Lipinski definition) is 2. The van der Waals surface area contributed by atoms with Gasteiger partial charge < -0.3 is 15.5 Å². The van der Waals surface area contributed by atoms with Crippen LogP contribution in [0.15, 0.2) is 116 Å². The zero-order valence-electron chi connectivity index (χ0n) is 73.2. The average Bonchev–Trinajstić information content (AvgIpc) is 1.65. The van der Waals surface area contributed by atoms with Gasteiger partial charge in [0.25, 0.3) is 0 Å². The van der Waals surface area contributed by atoms with Crippen LogP contribution in [-0.4, -0.2) is 84.3 Å². The summed E-state index contributed by atoms with van der Waals surface area (Å²) in [5.41, 5.74) is 8.97. The van der Waals surface area contributed by atoms with E-state index in [1.807, 2.05) is 64.2 Å². The molecule has 5 aliphatic rings. The first-order valence-electron chi connectivity index (χ1n) is 40.4. The quantitative estimate of drug-likeness (QED) is 0.156. The lowest BCUT2D eigenvalue weighted by Crippen LogP contribution is -2.43. The lowest BCUT2D eigenvalue weighted by molar-refractivity contribution is -0.137. The molecule has 0 aromatic carbocycles. The van der Waals surface area contributed by atoms with E-state index in [1.54, 1.807) is 24.5 Å². The van der Waals surface area contributed by atoms with Crippen molar-refractivity contribution in [3.8, 4) is 0 Å². The summed E-state index contributed by atoms with van der Waals surface area (Å²) >= 11 is 0. The van der Waals surface area contributed by atoms with E-state index in [9.17, 15) is 22.0 Å². The fourth-order valence-corrected chi connectivity index (χ4v) is 14.2. The summed E-state index contributed by atoms with van der Waals surface area (Å²) in [6, 6.07) is 28.5. The lowest BCUT2D eigenvalue weighted by atomic mass is 9.73. The smallest absolute Gasteiger partial charge is 0.317 e. The van der Waals surface area contributed by atoms with Gasteiger partial charge in [0.2, 0.25) is 0 Å². The Morgan fingerprint density at radius 2 is 0.824 bits per heavy atom. The molecular formula is C93H151F5N10. The Morgan fingerprint density at radius 1 is 0.398 bits per heavy atom. The molecule has 4 atom stereocenters. The first kappa shape index (κ1) is 96.6. The standard InChI is InChI=1S/C12H23N.C11H14F3N.C11H21N.C11H17N.2C10H14FN.C10H15N.C9H14N2.C9H19N/c1-12(2,3)9-7-10-5-6-11(8-9)13(10)4;1-10(2,3)6-9-5-4-8(7-15-9)11(12,13)14;1-11(2,3)8-6-9-4-5-10(7-8)12-9;1-9-6-5-7-10(12-9)8-11(2,3)4;1-10(2,3)6-9-5-4-8(11)7-12-9;1-10(2,3)7-9-8(11)5-4-6-12-9;1-10(2,3)8-9-6-4-5-7-11-9;1-9(2,3)7-8-5-4-6-10-11-8;1-9(2,3)8-4-6-10-7-5-8/h9-11H,5-8H2,1-4H3;4-5,7H,6H2,1-3H3;8-10,12H,4-7H2,1-3H3;5-7H,8H2,1-4H3;4-5,7H,6H2,1-3H3;4-6H,7H2,1-3H3;4-7H,8H2,1-3H3;4-6H,7H2,1-3H3;8,10H,4-7H2,1-3H3. The van der Waals surface area contributed by atoms with Crippen molar-refractivity contribution in [2.45, 2.75) is 327 Å². The summed E-state index contributed by atoms with van der Waals surface area (Å²) in [6.45, 7) is 64.6. The van der Waals surface area contributed by atoms with Gasteiger partial charge in [-0.05, 0) is 269 Å². The number of rotatable bonds is 6. The van der Waals surface area contributed by atoms with E-state index in [0.29, 0.717) is 56.7 Å². The molecule has 15 heteroatoms. The molecule has 108 heavy (non-hydrogen) atoms. The number of nitrogens with zero attached hydrogens (tertiary/aromatic N) is 8. The van der Waals surface area contributed by atoms with Gasteiger partial charge in [-0.15, -0.1) is 0 Å². The van der Waals surface area contributed by atoms with E-state index in [4.69, 9.17) is 0 Å². The summed E-state index contributed by atoms with van der Waals surface area (Å²) in [5, 5.41) is 14.9. The molecule has 5 aliphatic heterocycles. The topological polar surface area (TPSA) is 118 Å². The number of piperidine rings is 3. The third-order valence-corrected chi connectivity index (χ3v) is 19.9. The summed E-state index contributed by atoms with van der Waals surface area (Å²) in [4.78, 5) is 23.1. The number of halogens is 5. The van der Waals surface area contributed by atoms with E-state index in [2.05, 4.69) is 242 Å². The maximum absolute atomic E-state index is 13.1. The van der Waals surface area contributed by atoms with Crippen molar-refractivity contribution in [1.29, 1.82) is 0 Å². The molecule has 4 unspecified atom stereocenters. The highest BCUT2D eigenvalue weighted by Gasteiger charge is 2.42. The highest BCUT2D eigenvalue weighted by Crippen LogP contribution is 2.45. The van der Waals surface area contributed by atoms with Crippen molar-refractivity contribution in [2.75, 3.05) is 20.1 Å².